The van der Waals surface area contributed by atoms with Gasteiger partial charge in [-0.25, -0.2) is 0 Å². The quantitative estimate of drug-likeness (QED) is 0.426. The van der Waals surface area contributed by atoms with E-state index in [1.807, 2.05) is 0 Å². The number of aromatic nitrogens is 1. The molecule has 11 heteroatoms. The average molecular weight is 493 g/mol. The van der Waals surface area contributed by atoms with Crippen LogP contribution in [-0.4, -0.2) is 10.9 Å². The minimum absolute atomic E-state index is 0.0926. The zero-order chi connectivity index (χ0) is 19.2. The van der Waals surface area contributed by atoms with Crippen LogP contribution in [-0.2, 0) is 12.4 Å². The molecule has 0 unspecified atom stereocenters. The second kappa shape index (κ2) is 6.60. The second-order valence-corrected chi connectivity index (χ2v) is 6.46. The predicted molar refractivity (Wildman–Crippen MR) is 82.8 cm³/mol. The summed E-state index contributed by atoms with van der Waals surface area (Å²) >= 11 is 5.73. The van der Waals surface area contributed by atoms with Gasteiger partial charge in [0.1, 0.15) is 0 Å². The first-order chi connectivity index (χ1) is 11.4. The summed E-state index contributed by atoms with van der Waals surface area (Å²) in [6, 6.07) is 1.55. The summed E-state index contributed by atoms with van der Waals surface area (Å²) in [4.78, 5) is 23.0. The van der Waals surface area contributed by atoms with E-state index in [2.05, 4.69) is 31.9 Å². The van der Waals surface area contributed by atoms with E-state index >= 15 is 0 Å². The molecule has 134 valence electrons. The molecule has 0 atom stereocenters. The van der Waals surface area contributed by atoms with E-state index in [0.717, 1.165) is 0 Å². The SMILES string of the molecule is O=Cc1cn(-c2c(Br)cc(C(F)(F)F)cc2Br)c(=O)cc1C(F)(F)F. The molecule has 1 heterocycles. The van der Waals surface area contributed by atoms with Crippen LogP contribution in [0.4, 0.5) is 26.3 Å². The van der Waals surface area contributed by atoms with Gasteiger partial charge in [-0.05, 0) is 44.0 Å². The van der Waals surface area contributed by atoms with Crippen LogP contribution in [0, 0.1) is 0 Å². The van der Waals surface area contributed by atoms with Crippen molar-refractivity contribution in [2.45, 2.75) is 12.4 Å². The fraction of sp³-hybridized carbons (Fsp3) is 0.143. The molecule has 2 rings (SSSR count). The molecule has 0 amide bonds. The average Bonchev–Trinajstić information content (AvgIpc) is 2.45. The molecular formula is C14H5Br2F6NO2. The highest BCUT2D eigenvalue weighted by Crippen LogP contribution is 2.38. The zero-order valence-electron chi connectivity index (χ0n) is 11.7. The highest BCUT2D eigenvalue weighted by Gasteiger charge is 2.35. The number of hydrogen-bond donors (Lipinski definition) is 0. The highest BCUT2D eigenvalue weighted by atomic mass is 79.9. The van der Waals surface area contributed by atoms with Gasteiger partial charge >= 0.3 is 12.4 Å². The minimum atomic E-state index is -4.93. The number of halogens is 8. The second-order valence-electron chi connectivity index (χ2n) is 4.75. The summed E-state index contributed by atoms with van der Waals surface area (Å²) in [7, 11) is 0. The summed E-state index contributed by atoms with van der Waals surface area (Å²) in [5.41, 5.74) is -4.63. The molecule has 25 heavy (non-hydrogen) atoms. The number of aldehydes is 1. The third kappa shape index (κ3) is 3.97. The first-order valence-electron chi connectivity index (χ1n) is 6.22. The predicted octanol–water partition coefficient (Wildman–Crippen LogP) is 5.21. The molecule has 0 saturated heterocycles. The number of carbonyl (C=O) groups excluding carboxylic acids is 1. The lowest BCUT2D eigenvalue weighted by Crippen LogP contribution is -2.23. The van der Waals surface area contributed by atoms with E-state index in [-0.39, 0.29) is 27.0 Å². The molecular weight excluding hydrogens is 488 g/mol. The van der Waals surface area contributed by atoms with Gasteiger partial charge in [-0.3, -0.25) is 14.2 Å². The molecule has 0 spiro atoms. The van der Waals surface area contributed by atoms with E-state index < -0.39 is 34.6 Å². The zero-order valence-corrected chi connectivity index (χ0v) is 14.8. The Kier molecular flexibility index (Phi) is 5.20. The third-order valence-corrected chi connectivity index (χ3v) is 4.31. The van der Waals surface area contributed by atoms with E-state index in [4.69, 9.17) is 0 Å². The van der Waals surface area contributed by atoms with E-state index in [9.17, 15) is 35.9 Å². The van der Waals surface area contributed by atoms with Gasteiger partial charge in [0, 0.05) is 26.8 Å². The Bertz CT molecular complexity index is 879. The van der Waals surface area contributed by atoms with Crippen molar-refractivity contribution in [3.63, 3.8) is 0 Å². The Morgan fingerprint density at radius 3 is 1.84 bits per heavy atom. The van der Waals surface area contributed by atoms with Gasteiger partial charge in [-0.1, -0.05) is 0 Å². The third-order valence-electron chi connectivity index (χ3n) is 3.10. The van der Waals surface area contributed by atoms with Crippen molar-refractivity contribution >= 4 is 38.1 Å². The molecule has 0 fully saturated rings. The van der Waals surface area contributed by atoms with Crippen molar-refractivity contribution < 1.29 is 31.1 Å². The summed E-state index contributed by atoms with van der Waals surface area (Å²) in [5, 5.41) is 0. The lowest BCUT2D eigenvalue weighted by molar-refractivity contribution is -0.138. The van der Waals surface area contributed by atoms with Gasteiger partial charge in [0.15, 0.2) is 6.29 Å². The normalized spacial score (nSPS) is 12.3. The maximum Gasteiger partial charge on any atom is 0.417 e. The van der Waals surface area contributed by atoms with Crippen molar-refractivity contribution in [2.75, 3.05) is 0 Å². The molecule has 0 aliphatic rings. The molecule has 0 N–H and O–H groups in total. The van der Waals surface area contributed by atoms with Crippen LogP contribution < -0.4 is 5.56 Å². The number of benzene rings is 1. The molecule has 0 aliphatic carbocycles. The summed E-state index contributed by atoms with van der Waals surface area (Å²) in [6.07, 6.45) is -9.06. The van der Waals surface area contributed by atoms with E-state index in [0.29, 0.717) is 22.9 Å². The smallest absolute Gasteiger partial charge is 0.298 e. The lowest BCUT2D eigenvalue weighted by atomic mass is 10.1. The molecule has 2 aromatic rings. The summed E-state index contributed by atoms with van der Waals surface area (Å²) in [6.45, 7) is 0. The standard InChI is InChI=1S/C14H5Br2F6NO2/c15-9-1-7(13(17,18)19)2-10(16)12(9)23-4-6(5-24)8(3-11(23)25)14(20,21)22/h1-5H. The number of rotatable bonds is 2. The maximum absolute atomic E-state index is 12.8. The Labute approximate surface area is 152 Å². The highest BCUT2D eigenvalue weighted by molar-refractivity contribution is 9.11. The lowest BCUT2D eigenvalue weighted by Gasteiger charge is -2.16. The van der Waals surface area contributed by atoms with Crippen molar-refractivity contribution in [3.8, 4) is 5.69 Å². The Morgan fingerprint density at radius 1 is 0.920 bits per heavy atom. The number of carbonyl (C=O) groups is 1. The van der Waals surface area contributed by atoms with Crippen molar-refractivity contribution in [1.29, 1.82) is 0 Å². The van der Waals surface area contributed by atoms with Crippen molar-refractivity contribution in [3.05, 3.63) is 60.4 Å². The molecule has 0 aliphatic heterocycles. The Hall–Kier alpha value is -1.62. The van der Waals surface area contributed by atoms with Gasteiger partial charge in [-0.15, -0.1) is 0 Å². The number of alkyl halides is 6. The fourth-order valence-electron chi connectivity index (χ4n) is 2.02. The van der Waals surface area contributed by atoms with Crippen LogP contribution in [0.5, 0.6) is 0 Å². The molecule has 0 saturated carbocycles. The van der Waals surface area contributed by atoms with Gasteiger partial charge < -0.3 is 0 Å². The summed E-state index contributed by atoms with van der Waals surface area (Å²) < 4.78 is 77.1. The minimum Gasteiger partial charge on any atom is -0.298 e. The first-order valence-corrected chi connectivity index (χ1v) is 7.80. The largest absolute Gasteiger partial charge is 0.417 e. The topological polar surface area (TPSA) is 39.1 Å². The van der Waals surface area contributed by atoms with Crippen LogP contribution in [0.1, 0.15) is 21.5 Å². The van der Waals surface area contributed by atoms with Crippen LogP contribution in [0.15, 0.2) is 38.1 Å². The van der Waals surface area contributed by atoms with Gasteiger partial charge in [0.2, 0.25) is 0 Å². The molecule has 3 nitrogen and oxygen atoms in total. The van der Waals surface area contributed by atoms with Crippen LogP contribution >= 0.6 is 31.9 Å². The fourth-order valence-corrected chi connectivity index (χ4v) is 3.59. The first kappa shape index (κ1) is 19.7. The number of hydrogen-bond acceptors (Lipinski definition) is 2. The van der Waals surface area contributed by atoms with Gasteiger partial charge in [0.05, 0.1) is 16.8 Å². The van der Waals surface area contributed by atoms with Crippen LogP contribution in [0.25, 0.3) is 5.69 Å². The van der Waals surface area contributed by atoms with Crippen molar-refractivity contribution in [2.24, 2.45) is 0 Å². The molecule has 1 aromatic carbocycles. The monoisotopic (exact) mass is 491 g/mol. The van der Waals surface area contributed by atoms with E-state index in [1.165, 1.54) is 0 Å². The van der Waals surface area contributed by atoms with Gasteiger partial charge in [-0.2, -0.15) is 26.3 Å². The molecule has 1 aromatic heterocycles. The number of nitrogens with zero attached hydrogens (tertiary/aromatic N) is 1. The summed E-state index contributed by atoms with van der Waals surface area (Å²) in [5.74, 6) is 0. The molecule has 0 radical (unpaired) electrons. The maximum atomic E-state index is 12.8. The van der Waals surface area contributed by atoms with E-state index in [1.54, 1.807) is 0 Å². The number of pyridine rings is 1. The molecule has 0 bridgehead atoms. The van der Waals surface area contributed by atoms with Crippen LogP contribution in [0.2, 0.25) is 0 Å². The van der Waals surface area contributed by atoms with Gasteiger partial charge in [0.25, 0.3) is 5.56 Å². The van der Waals surface area contributed by atoms with Crippen LogP contribution in [0.3, 0.4) is 0 Å². The Morgan fingerprint density at radius 2 is 1.44 bits per heavy atom. The Balaban J connectivity index is 2.76. The van der Waals surface area contributed by atoms with Crippen molar-refractivity contribution in [1.82, 2.24) is 4.57 Å².